The van der Waals surface area contributed by atoms with Crippen LogP contribution >= 0.6 is 0 Å². The SMILES string of the molecule is CN[C@@H](C(=O)O)c1cnn(C)c1. The zero-order chi connectivity index (χ0) is 9.14. The molecule has 66 valence electrons. The van der Waals surface area contributed by atoms with Crippen molar-refractivity contribution in [2.24, 2.45) is 7.05 Å². The summed E-state index contributed by atoms with van der Waals surface area (Å²) in [6, 6.07) is -0.668. The van der Waals surface area contributed by atoms with E-state index >= 15 is 0 Å². The standard InChI is InChI=1S/C7H11N3O2/c1-8-6(7(11)12)5-3-9-10(2)4-5/h3-4,6,8H,1-2H3,(H,11,12)/t6-/m1/s1. The third-order valence-electron chi connectivity index (χ3n) is 1.59. The number of rotatable bonds is 3. The molecular weight excluding hydrogens is 158 g/mol. The van der Waals surface area contributed by atoms with Gasteiger partial charge in [0, 0.05) is 18.8 Å². The molecule has 0 unspecified atom stereocenters. The third-order valence-corrected chi connectivity index (χ3v) is 1.59. The fraction of sp³-hybridized carbons (Fsp3) is 0.429. The van der Waals surface area contributed by atoms with Crippen molar-refractivity contribution in [1.82, 2.24) is 15.1 Å². The van der Waals surface area contributed by atoms with E-state index in [9.17, 15) is 4.79 Å². The molecule has 1 atom stereocenters. The minimum absolute atomic E-state index is 0.660. The molecule has 2 N–H and O–H groups in total. The second kappa shape index (κ2) is 3.36. The molecule has 5 heteroatoms. The molecular formula is C7H11N3O2. The summed E-state index contributed by atoms with van der Waals surface area (Å²) >= 11 is 0. The number of likely N-dealkylation sites (N-methyl/N-ethyl adjacent to an activating group) is 1. The molecule has 0 aliphatic carbocycles. The molecule has 0 fully saturated rings. The summed E-state index contributed by atoms with van der Waals surface area (Å²) in [4.78, 5) is 10.6. The Kier molecular flexibility index (Phi) is 2.44. The Morgan fingerprint density at radius 1 is 1.83 bits per heavy atom. The lowest BCUT2D eigenvalue weighted by Gasteiger charge is -2.06. The van der Waals surface area contributed by atoms with Crippen LogP contribution in [0.15, 0.2) is 12.4 Å². The molecule has 0 radical (unpaired) electrons. The van der Waals surface area contributed by atoms with Crippen LogP contribution in [0.1, 0.15) is 11.6 Å². The van der Waals surface area contributed by atoms with Crippen LogP contribution in [0.5, 0.6) is 0 Å². The van der Waals surface area contributed by atoms with E-state index in [0.29, 0.717) is 5.56 Å². The molecule has 0 saturated heterocycles. The summed E-state index contributed by atoms with van der Waals surface area (Å²) < 4.78 is 1.57. The first-order valence-corrected chi connectivity index (χ1v) is 3.53. The van der Waals surface area contributed by atoms with Gasteiger partial charge in [-0.2, -0.15) is 5.10 Å². The highest BCUT2D eigenvalue weighted by Crippen LogP contribution is 2.10. The second-order valence-electron chi connectivity index (χ2n) is 2.51. The summed E-state index contributed by atoms with van der Waals surface area (Å²) in [5.41, 5.74) is 0.660. The third kappa shape index (κ3) is 1.62. The number of aromatic nitrogens is 2. The van der Waals surface area contributed by atoms with Crippen LogP contribution in [0.3, 0.4) is 0 Å². The summed E-state index contributed by atoms with van der Waals surface area (Å²) in [6.45, 7) is 0. The predicted molar refractivity (Wildman–Crippen MR) is 42.6 cm³/mol. The van der Waals surface area contributed by atoms with Crippen LogP contribution in [0.25, 0.3) is 0 Å². The Morgan fingerprint density at radius 2 is 2.50 bits per heavy atom. The maximum Gasteiger partial charge on any atom is 0.325 e. The van der Waals surface area contributed by atoms with Gasteiger partial charge in [0.2, 0.25) is 0 Å². The summed E-state index contributed by atoms with van der Waals surface area (Å²) in [5.74, 6) is -0.898. The van der Waals surface area contributed by atoms with Crippen LogP contribution in [-0.2, 0) is 11.8 Å². The Balaban J connectivity index is 2.87. The van der Waals surface area contributed by atoms with E-state index in [1.807, 2.05) is 0 Å². The van der Waals surface area contributed by atoms with Crippen LogP contribution in [0, 0.1) is 0 Å². The van der Waals surface area contributed by atoms with E-state index in [1.165, 1.54) is 6.20 Å². The number of aliphatic carboxylic acids is 1. The number of nitrogens with one attached hydrogen (secondary N) is 1. The van der Waals surface area contributed by atoms with Gasteiger partial charge in [-0.25, -0.2) is 0 Å². The van der Waals surface area contributed by atoms with Crippen molar-refractivity contribution in [2.75, 3.05) is 7.05 Å². The normalized spacial score (nSPS) is 12.8. The molecule has 1 rings (SSSR count). The number of nitrogens with zero attached hydrogens (tertiary/aromatic N) is 2. The number of hydrogen-bond acceptors (Lipinski definition) is 3. The number of carboxylic acids is 1. The monoisotopic (exact) mass is 169 g/mol. The zero-order valence-electron chi connectivity index (χ0n) is 6.98. The molecule has 0 aliphatic rings. The van der Waals surface area contributed by atoms with Gasteiger partial charge in [0.1, 0.15) is 6.04 Å². The first-order valence-electron chi connectivity index (χ1n) is 3.53. The maximum atomic E-state index is 10.6. The molecule has 12 heavy (non-hydrogen) atoms. The summed E-state index contributed by atoms with van der Waals surface area (Å²) in [7, 11) is 3.35. The van der Waals surface area contributed by atoms with Crippen LogP contribution in [0.2, 0.25) is 0 Å². The van der Waals surface area contributed by atoms with Crippen molar-refractivity contribution in [3.05, 3.63) is 18.0 Å². The minimum Gasteiger partial charge on any atom is -0.480 e. The van der Waals surface area contributed by atoms with Gasteiger partial charge >= 0.3 is 5.97 Å². The highest BCUT2D eigenvalue weighted by molar-refractivity contribution is 5.75. The van der Waals surface area contributed by atoms with Gasteiger partial charge in [0.25, 0.3) is 0 Å². The largest absolute Gasteiger partial charge is 0.480 e. The van der Waals surface area contributed by atoms with Gasteiger partial charge < -0.3 is 10.4 Å². The van der Waals surface area contributed by atoms with Crippen LogP contribution < -0.4 is 5.32 Å². The predicted octanol–water partition coefficient (Wildman–Crippen LogP) is -0.235. The van der Waals surface area contributed by atoms with Crippen molar-refractivity contribution in [1.29, 1.82) is 0 Å². The van der Waals surface area contributed by atoms with E-state index in [0.717, 1.165) is 0 Å². The quantitative estimate of drug-likeness (QED) is 0.655. The molecule has 1 aromatic heterocycles. The molecule has 0 aromatic carbocycles. The topological polar surface area (TPSA) is 67.2 Å². The Morgan fingerprint density at radius 3 is 2.83 bits per heavy atom. The van der Waals surface area contributed by atoms with Crippen LogP contribution in [0.4, 0.5) is 0 Å². The van der Waals surface area contributed by atoms with Gasteiger partial charge in [-0.3, -0.25) is 9.48 Å². The molecule has 1 heterocycles. The Hall–Kier alpha value is -1.36. The average molecular weight is 169 g/mol. The highest BCUT2D eigenvalue weighted by Gasteiger charge is 2.18. The number of hydrogen-bond donors (Lipinski definition) is 2. The first kappa shape index (κ1) is 8.73. The molecule has 0 aliphatic heterocycles. The van der Waals surface area contributed by atoms with Crippen LogP contribution in [-0.4, -0.2) is 27.9 Å². The zero-order valence-corrected chi connectivity index (χ0v) is 6.98. The fourth-order valence-corrected chi connectivity index (χ4v) is 1.02. The van der Waals surface area contributed by atoms with Gasteiger partial charge in [0.05, 0.1) is 6.20 Å². The van der Waals surface area contributed by atoms with E-state index < -0.39 is 12.0 Å². The second-order valence-corrected chi connectivity index (χ2v) is 2.51. The fourth-order valence-electron chi connectivity index (χ4n) is 1.02. The smallest absolute Gasteiger partial charge is 0.325 e. The van der Waals surface area contributed by atoms with Crippen molar-refractivity contribution >= 4 is 5.97 Å². The van der Waals surface area contributed by atoms with Crippen molar-refractivity contribution in [3.63, 3.8) is 0 Å². The Bertz CT molecular complexity index is 282. The number of aryl methyl sites for hydroxylation is 1. The van der Waals surface area contributed by atoms with Gasteiger partial charge in [0.15, 0.2) is 0 Å². The van der Waals surface area contributed by atoms with Gasteiger partial charge in [-0.15, -0.1) is 0 Å². The van der Waals surface area contributed by atoms with Crippen molar-refractivity contribution in [2.45, 2.75) is 6.04 Å². The van der Waals surface area contributed by atoms with E-state index in [-0.39, 0.29) is 0 Å². The lowest BCUT2D eigenvalue weighted by atomic mass is 10.2. The molecule has 0 amide bonds. The molecule has 5 nitrogen and oxygen atoms in total. The van der Waals surface area contributed by atoms with E-state index in [4.69, 9.17) is 5.11 Å². The summed E-state index contributed by atoms with van der Waals surface area (Å²) in [5, 5.41) is 15.3. The van der Waals surface area contributed by atoms with Crippen molar-refractivity contribution in [3.8, 4) is 0 Å². The molecule has 1 aromatic rings. The molecule has 0 spiro atoms. The lowest BCUT2D eigenvalue weighted by molar-refractivity contribution is -0.139. The van der Waals surface area contributed by atoms with Gasteiger partial charge in [-0.1, -0.05) is 0 Å². The Labute approximate surface area is 70.0 Å². The summed E-state index contributed by atoms with van der Waals surface area (Å²) in [6.07, 6.45) is 3.21. The molecule has 0 bridgehead atoms. The minimum atomic E-state index is -0.898. The lowest BCUT2D eigenvalue weighted by Crippen LogP contribution is -2.24. The molecule has 0 saturated carbocycles. The average Bonchev–Trinajstić information content (AvgIpc) is 2.37. The number of carboxylic acid groups (broad SMARTS) is 1. The maximum absolute atomic E-state index is 10.6. The number of carbonyl (C=O) groups is 1. The van der Waals surface area contributed by atoms with E-state index in [2.05, 4.69) is 10.4 Å². The van der Waals surface area contributed by atoms with Gasteiger partial charge in [-0.05, 0) is 7.05 Å². The first-order chi connectivity index (χ1) is 5.65. The van der Waals surface area contributed by atoms with Crippen molar-refractivity contribution < 1.29 is 9.90 Å². The highest BCUT2D eigenvalue weighted by atomic mass is 16.4. The van der Waals surface area contributed by atoms with E-state index in [1.54, 1.807) is 25.0 Å².